The molecule has 102 valence electrons. The van der Waals surface area contributed by atoms with Gasteiger partial charge in [0.2, 0.25) is 0 Å². The lowest BCUT2D eigenvalue weighted by Gasteiger charge is -2.26. The number of ether oxygens (including phenoxy) is 1. The highest BCUT2D eigenvalue weighted by Gasteiger charge is 2.16. The van der Waals surface area contributed by atoms with Crippen LogP contribution in [0, 0.1) is 12.8 Å². The van der Waals surface area contributed by atoms with Crippen LogP contribution < -0.4 is 5.32 Å². The van der Waals surface area contributed by atoms with Crippen LogP contribution in [0.15, 0.2) is 24.3 Å². The molecule has 0 bridgehead atoms. The van der Waals surface area contributed by atoms with E-state index in [9.17, 15) is 0 Å². The summed E-state index contributed by atoms with van der Waals surface area (Å²) in [5, 5.41) is 3.66. The Morgan fingerprint density at radius 3 is 2.22 bits per heavy atom. The first-order valence-corrected chi connectivity index (χ1v) is 6.95. The molecule has 0 aliphatic rings. The van der Waals surface area contributed by atoms with Crippen LogP contribution in [0.1, 0.15) is 44.9 Å². The van der Waals surface area contributed by atoms with Crippen molar-refractivity contribution in [2.75, 3.05) is 13.2 Å². The number of nitrogens with one attached hydrogen (secondary N) is 1. The molecule has 0 aromatic heterocycles. The highest BCUT2D eigenvalue weighted by molar-refractivity contribution is 5.23. The highest BCUT2D eigenvalue weighted by Crippen LogP contribution is 2.16. The number of hydrogen-bond acceptors (Lipinski definition) is 2. The number of hydrogen-bond donors (Lipinski definition) is 1. The first-order chi connectivity index (χ1) is 8.54. The van der Waals surface area contributed by atoms with Crippen LogP contribution in [0.25, 0.3) is 0 Å². The molecule has 18 heavy (non-hydrogen) atoms. The van der Waals surface area contributed by atoms with E-state index >= 15 is 0 Å². The zero-order valence-electron chi connectivity index (χ0n) is 12.4. The van der Waals surface area contributed by atoms with E-state index in [4.69, 9.17) is 4.74 Å². The summed E-state index contributed by atoms with van der Waals surface area (Å²) in [5.41, 5.74) is 2.64. The Morgan fingerprint density at radius 1 is 1.11 bits per heavy atom. The van der Waals surface area contributed by atoms with Crippen LogP contribution in [-0.4, -0.2) is 19.3 Å². The molecule has 0 aliphatic heterocycles. The Kier molecular flexibility index (Phi) is 6.37. The SMILES string of the molecule is CCOCC(NC(C)c1ccc(C)cc1)C(C)C. The zero-order valence-corrected chi connectivity index (χ0v) is 12.4. The predicted octanol–water partition coefficient (Wildman–Crippen LogP) is 3.71. The Balaban J connectivity index is 2.59. The van der Waals surface area contributed by atoms with Crippen molar-refractivity contribution in [3.63, 3.8) is 0 Å². The van der Waals surface area contributed by atoms with Gasteiger partial charge >= 0.3 is 0 Å². The summed E-state index contributed by atoms with van der Waals surface area (Å²) in [4.78, 5) is 0. The normalized spacial score (nSPS) is 14.8. The minimum atomic E-state index is 0.360. The third kappa shape index (κ3) is 4.79. The first kappa shape index (κ1) is 15.2. The van der Waals surface area contributed by atoms with Crippen molar-refractivity contribution in [1.29, 1.82) is 0 Å². The Bertz CT molecular complexity index is 331. The molecule has 1 aromatic rings. The van der Waals surface area contributed by atoms with Gasteiger partial charge in [-0.15, -0.1) is 0 Å². The molecule has 0 saturated carbocycles. The average Bonchev–Trinajstić information content (AvgIpc) is 2.34. The Morgan fingerprint density at radius 2 is 1.72 bits per heavy atom. The molecular formula is C16H27NO. The molecule has 2 nitrogen and oxygen atoms in total. The summed E-state index contributed by atoms with van der Waals surface area (Å²) in [5.74, 6) is 0.574. The van der Waals surface area contributed by atoms with Gasteiger partial charge in [-0.05, 0) is 32.3 Å². The second-order valence-electron chi connectivity index (χ2n) is 5.31. The number of aryl methyl sites for hydroxylation is 1. The summed E-state index contributed by atoms with van der Waals surface area (Å²) in [6.45, 7) is 12.4. The standard InChI is InChI=1S/C16H27NO/c1-6-18-11-16(12(2)3)17-14(5)15-9-7-13(4)8-10-15/h7-10,12,14,16-17H,6,11H2,1-5H3. The molecule has 1 N–H and O–H groups in total. The fourth-order valence-corrected chi connectivity index (χ4v) is 1.95. The van der Waals surface area contributed by atoms with E-state index in [1.54, 1.807) is 0 Å². The molecule has 0 radical (unpaired) electrons. The predicted molar refractivity (Wildman–Crippen MR) is 77.8 cm³/mol. The van der Waals surface area contributed by atoms with E-state index < -0.39 is 0 Å². The van der Waals surface area contributed by atoms with Crippen LogP contribution in [0.5, 0.6) is 0 Å². The van der Waals surface area contributed by atoms with E-state index in [0.29, 0.717) is 18.0 Å². The van der Waals surface area contributed by atoms with Crippen LogP contribution in [0.3, 0.4) is 0 Å². The topological polar surface area (TPSA) is 21.3 Å². The summed E-state index contributed by atoms with van der Waals surface area (Å²) in [7, 11) is 0. The molecular weight excluding hydrogens is 222 g/mol. The summed E-state index contributed by atoms with van der Waals surface area (Å²) >= 11 is 0. The Hall–Kier alpha value is -0.860. The van der Waals surface area contributed by atoms with Gasteiger partial charge in [0, 0.05) is 18.7 Å². The smallest absolute Gasteiger partial charge is 0.0622 e. The van der Waals surface area contributed by atoms with E-state index in [-0.39, 0.29) is 0 Å². The van der Waals surface area contributed by atoms with Gasteiger partial charge in [-0.25, -0.2) is 0 Å². The lowest BCUT2D eigenvalue weighted by Crippen LogP contribution is -2.39. The van der Waals surface area contributed by atoms with Crippen molar-refractivity contribution < 1.29 is 4.74 Å². The average molecular weight is 249 g/mol. The van der Waals surface area contributed by atoms with Crippen LogP contribution >= 0.6 is 0 Å². The van der Waals surface area contributed by atoms with Gasteiger partial charge in [-0.3, -0.25) is 0 Å². The van der Waals surface area contributed by atoms with Gasteiger partial charge in [0.05, 0.1) is 6.61 Å². The van der Waals surface area contributed by atoms with Crippen LogP contribution in [0.4, 0.5) is 0 Å². The fourth-order valence-electron chi connectivity index (χ4n) is 1.95. The number of benzene rings is 1. The molecule has 0 saturated heterocycles. The van der Waals surface area contributed by atoms with Crippen molar-refractivity contribution in [2.45, 2.75) is 46.7 Å². The first-order valence-electron chi connectivity index (χ1n) is 6.95. The molecule has 2 heteroatoms. The molecule has 0 amide bonds. The van der Waals surface area contributed by atoms with Crippen molar-refractivity contribution in [1.82, 2.24) is 5.32 Å². The lowest BCUT2D eigenvalue weighted by atomic mass is 10.0. The minimum absolute atomic E-state index is 0.360. The van der Waals surface area contributed by atoms with Gasteiger partial charge in [-0.1, -0.05) is 43.7 Å². The number of rotatable bonds is 7. The van der Waals surface area contributed by atoms with Crippen LogP contribution in [0.2, 0.25) is 0 Å². The van der Waals surface area contributed by atoms with Gasteiger partial charge in [0.15, 0.2) is 0 Å². The zero-order chi connectivity index (χ0) is 13.5. The van der Waals surface area contributed by atoms with Crippen molar-refractivity contribution >= 4 is 0 Å². The van der Waals surface area contributed by atoms with Crippen molar-refractivity contribution in [3.05, 3.63) is 35.4 Å². The van der Waals surface area contributed by atoms with Crippen molar-refractivity contribution in [3.8, 4) is 0 Å². The van der Waals surface area contributed by atoms with E-state index in [0.717, 1.165) is 13.2 Å². The summed E-state index contributed by atoms with van der Waals surface area (Å²) < 4.78 is 5.55. The lowest BCUT2D eigenvalue weighted by molar-refractivity contribution is 0.104. The van der Waals surface area contributed by atoms with Gasteiger partial charge < -0.3 is 10.1 Å². The van der Waals surface area contributed by atoms with E-state index in [1.807, 2.05) is 6.92 Å². The third-order valence-electron chi connectivity index (χ3n) is 3.35. The molecule has 0 spiro atoms. The maximum absolute atomic E-state index is 5.55. The van der Waals surface area contributed by atoms with Crippen LogP contribution in [-0.2, 0) is 4.74 Å². The highest BCUT2D eigenvalue weighted by atomic mass is 16.5. The molecule has 2 atom stereocenters. The monoisotopic (exact) mass is 249 g/mol. The van der Waals surface area contributed by atoms with Gasteiger partial charge in [-0.2, -0.15) is 0 Å². The maximum atomic E-state index is 5.55. The van der Waals surface area contributed by atoms with Gasteiger partial charge in [0.25, 0.3) is 0 Å². The Labute approximate surface area is 112 Å². The quantitative estimate of drug-likeness (QED) is 0.795. The summed E-state index contributed by atoms with van der Waals surface area (Å²) in [6, 6.07) is 9.50. The van der Waals surface area contributed by atoms with Gasteiger partial charge in [0.1, 0.15) is 0 Å². The minimum Gasteiger partial charge on any atom is -0.380 e. The summed E-state index contributed by atoms with van der Waals surface area (Å²) in [6.07, 6.45) is 0. The molecule has 1 aromatic carbocycles. The second kappa shape index (κ2) is 7.55. The molecule has 0 heterocycles. The van der Waals surface area contributed by atoms with E-state index in [1.165, 1.54) is 11.1 Å². The maximum Gasteiger partial charge on any atom is 0.0622 e. The molecule has 0 fully saturated rings. The van der Waals surface area contributed by atoms with E-state index in [2.05, 4.69) is 57.3 Å². The van der Waals surface area contributed by atoms with Crippen molar-refractivity contribution in [2.24, 2.45) is 5.92 Å². The third-order valence-corrected chi connectivity index (χ3v) is 3.35. The molecule has 2 unspecified atom stereocenters. The largest absolute Gasteiger partial charge is 0.380 e. The second-order valence-corrected chi connectivity index (χ2v) is 5.31. The molecule has 0 aliphatic carbocycles. The fraction of sp³-hybridized carbons (Fsp3) is 0.625. The molecule has 1 rings (SSSR count).